The quantitative estimate of drug-likeness (QED) is 0.0888. The van der Waals surface area contributed by atoms with Gasteiger partial charge in [-0.05, 0) is 52.7 Å². The van der Waals surface area contributed by atoms with Crippen LogP contribution in [0.2, 0.25) is 0 Å². The van der Waals surface area contributed by atoms with Gasteiger partial charge in [0.25, 0.3) is 0 Å². The van der Waals surface area contributed by atoms with Crippen molar-refractivity contribution in [2.24, 2.45) is 0 Å². The summed E-state index contributed by atoms with van der Waals surface area (Å²) in [6.07, 6.45) is 20.2. The average molecular weight is 589 g/mol. The number of carbonyl (C=O) groups is 1. The van der Waals surface area contributed by atoms with Crippen molar-refractivity contribution in [1.29, 1.82) is 5.26 Å². The first kappa shape index (κ1) is 37.0. The fraction of sp³-hybridized carbons (Fsp3) is 0.483. The predicted molar refractivity (Wildman–Crippen MR) is 164 cm³/mol. The van der Waals surface area contributed by atoms with E-state index in [1.165, 1.54) is 11.0 Å². The van der Waals surface area contributed by atoms with Gasteiger partial charge in [-0.3, -0.25) is 19.9 Å². The van der Waals surface area contributed by atoms with E-state index in [2.05, 4.69) is 36.1 Å². The zero-order valence-electron chi connectivity index (χ0n) is 24.2. The van der Waals surface area contributed by atoms with Gasteiger partial charge in [-0.1, -0.05) is 43.1 Å². The summed E-state index contributed by atoms with van der Waals surface area (Å²) in [4.78, 5) is 25.2. The van der Waals surface area contributed by atoms with Crippen molar-refractivity contribution in [1.82, 2.24) is 20.4 Å². The van der Waals surface area contributed by atoms with Crippen LogP contribution in [0.15, 0.2) is 60.8 Å². The van der Waals surface area contributed by atoms with Crippen LogP contribution in [0.5, 0.6) is 0 Å². The molecule has 10 nitrogen and oxygen atoms in total. The number of thiocarbonyl (C=S) groups is 1. The molecule has 2 rings (SSSR count). The molecule has 12 heteroatoms. The minimum Gasteiger partial charge on any atom is -0.442 e. The van der Waals surface area contributed by atoms with E-state index in [4.69, 9.17) is 17.0 Å². The lowest BCUT2D eigenvalue weighted by atomic mass is 9.87. The number of cyclic esters (lactones) is 1. The van der Waals surface area contributed by atoms with Gasteiger partial charge >= 0.3 is 6.09 Å². The van der Waals surface area contributed by atoms with Gasteiger partial charge in [0.1, 0.15) is 17.5 Å². The number of amides is 1. The Kier molecular flexibility index (Phi) is 18.0. The first-order valence-corrected chi connectivity index (χ1v) is 13.4. The lowest BCUT2D eigenvalue weighted by Crippen LogP contribution is -2.53. The van der Waals surface area contributed by atoms with Crippen molar-refractivity contribution in [3.8, 4) is 18.9 Å². The van der Waals surface area contributed by atoms with Crippen LogP contribution in [0.3, 0.4) is 0 Å². The summed E-state index contributed by atoms with van der Waals surface area (Å²) in [7, 11) is 0. The number of hydrogen-bond acceptors (Lipinski definition) is 8. The summed E-state index contributed by atoms with van der Waals surface area (Å²) >= 11 is 4.97. The van der Waals surface area contributed by atoms with E-state index in [1.54, 1.807) is 44.4 Å². The second kappa shape index (κ2) is 20.0. The summed E-state index contributed by atoms with van der Waals surface area (Å²) in [6.45, 7) is 12.8. The van der Waals surface area contributed by atoms with Crippen molar-refractivity contribution >= 4 is 23.3 Å². The van der Waals surface area contributed by atoms with Gasteiger partial charge in [0.15, 0.2) is 0 Å². The molecule has 1 amide bonds. The molecule has 0 saturated carbocycles. The number of piperidine rings is 1. The highest BCUT2D eigenvalue weighted by Gasteiger charge is 2.36. The Balaban J connectivity index is 0.00000155. The Hall–Kier alpha value is -4.00. The molecule has 0 radical (unpaired) electrons. The van der Waals surface area contributed by atoms with Crippen LogP contribution in [0.25, 0.3) is 0 Å². The van der Waals surface area contributed by atoms with Gasteiger partial charge in [-0.15, -0.1) is 12.8 Å². The highest BCUT2D eigenvalue weighted by molar-refractivity contribution is 7.80. The maximum Gasteiger partial charge on any atom is 0.414 e. The first-order chi connectivity index (χ1) is 19.5. The number of ether oxygens (including phenoxy) is 1. The molecule has 0 bridgehead atoms. The zero-order chi connectivity index (χ0) is 31.4. The summed E-state index contributed by atoms with van der Waals surface area (Å²) in [5.74, 6) is -0.459. The highest BCUT2D eigenvalue weighted by atomic mass is 32.1. The van der Waals surface area contributed by atoms with Crippen LogP contribution < -0.4 is 10.6 Å². The maximum atomic E-state index is 14.2. The Labute approximate surface area is 248 Å². The van der Waals surface area contributed by atoms with Crippen molar-refractivity contribution in [3.63, 3.8) is 0 Å². The molecule has 41 heavy (non-hydrogen) atoms. The lowest BCUT2D eigenvalue weighted by Gasteiger charge is -2.40. The molecule has 2 atom stereocenters. The predicted octanol–water partition coefficient (Wildman–Crippen LogP) is 4.63. The Bertz CT molecular complexity index is 1070. The van der Waals surface area contributed by atoms with Crippen LogP contribution >= 0.6 is 12.2 Å². The summed E-state index contributed by atoms with van der Waals surface area (Å²) < 4.78 is 19.5. The molecular formula is C29H41FN6O4S. The molecule has 2 aliphatic heterocycles. The highest BCUT2D eigenvalue weighted by Crippen LogP contribution is 2.26. The lowest BCUT2D eigenvalue weighted by molar-refractivity contribution is -0.468. The number of halogens is 1. The normalized spacial score (nSPS) is 19.4. The Morgan fingerprint density at radius 2 is 2.00 bits per heavy atom. The van der Waals surface area contributed by atoms with E-state index in [0.717, 1.165) is 5.70 Å². The molecule has 2 fully saturated rings. The topological polar surface area (TPSA) is 124 Å². The van der Waals surface area contributed by atoms with Crippen LogP contribution in [-0.2, 0) is 4.74 Å². The molecule has 2 heterocycles. The zero-order valence-corrected chi connectivity index (χ0v) is 25.0. The molecule has 0 spiro atoms. The second-order valence-electron chi connectivity index (χ2n) is 9.12. The van der Waals surface area contributed by atoms with Crippen molar-refractivity contribution in [2.75, 3.05) is 32.7 Å². The molecule has 0 aromatic carbocycles. The number of nitriles is 1. The molecule has 2 saturated heterocycles. The monoisotopic (exact) mass is 588 g/mol. The average Bonchev–Trinajstić information content (AvgIpc) is 3.31. The summed E-state index contributed by atoms with van der Waals surface area (Å²) in [6, 6.07) is 1.80. The van der Waals surface area contributed by atoms with Crippen LogP contribution in [0, 0.1) is 34.3 Å². The van der Waals surface area contributed by atoms with Gasteiger partial charge < -0.3 is 15.4 Å². The maximum absolute atomic E-state index is 14.2. The number of nitro groups is 1. The fourth-order valence-electron chi connectivity index (χ4n) is 3.86. The van der Waals surface area contributed by atoms with E-state index >= 15 is 0 Å². The molecular weight excluding hydrogens is 547 g/mol. The fourth-order valence-corrected chi connectivity index (χ4v) is 3.95. The summed E-state index contributed by atoms with van der Waals surface area (Å²) in [5, 5.41) is 25.5. The first-order valence-electron chi connectivity index (χ1n) is 13.0. The number of likely N-dealkylation sites (tertiary alicyclic amines) is 1. The minimum absolute atomic E-state index is 0.0590. The molecule has 0 aliphatic carbocycles. The standard InChI is InChI=1S/C23H32FN5O2S.C4H7NO2.C2H2/c1-5-17(2)27-23(16-25)9-12-28(13-10-23)21(18(3)24)8-6-7-11-29-15-20(31-22(29)30)14-26-19(4)32;1-2-3-4-5(6)7;1-2/h5-8,11,20-21,27H,3,9-10,12-15H2,1-2,4H3,(H,26,32);2-3H,4H2,1H3;1-2H/b8-6?,11-7+,17-5+;3-2-;. The van der Waals surface area contributed by atoms with Gasteiger partial charge in [-0.2, -0.15) is 5.26 Å². The Morgan fingerprint density at radius 3 is 2.46 bits per heavy atom. The number of hydrogen-bond donors (Lipinski definition) is 2. The molecule has 2 N–H and O–H groups in total. The van der Waals surface area contributed by atoms with E-state index in [1.807, 2.05) is 24.8 Å². The van der Waals surface area contributed by atoms with Gasteiger partial charge in [-0.25, -0.2) is 9.18 Å². The van der Waals surface area contributed by atoms with E-state index in [9.17, 15) is 24.6 Å². The van der Waals surface area contributed by atoms with Crippen molar-refractivity contribution < 1.29 is 18.8 Å². The van der Waals surface area contributed by atoms with Gasteiger partial charge in [0.05, 0.1) is 30.2 Å². The largest absolute Gasteiger partial charge is 0.442 e. The number of allylic oxidation sites excluding steroid dienone is 5. The molecule has 224 valence electrons. The third-order valence-electron chi connectivity index (χ3n) is 6.09. The number of terminal acetylenes is 1. The van der Waals surface area contributed by atoms with Gasteiger partial charge in [0.2, 0.25) is 6.54 Å². The molecule has 0 aromatic heterocycles. The van der Waals surface area contributed by atoms with Crippen molar-refractivity contribution in [3.05, 3.63) is 70.9 Å². The molecule has 0 aromatic rings. The Morgan fingerprint density at radius 1 is 1.37 bits per heavy atom. The smallest absolute Gasteiger partial charge is 0.414 e. The SMILES string of the molecule is C#C.C/C=C\C[N+](=O)[O-].C=C(F)C(C=C/C=C/N1CC(CNC(C)=S)OC1=O)N1CCC(C#N)(N/C(C)=C/C)CC1. The molecule has 2 unspecified atom stereocenters. The number of rotatable bonds is 11. The third-order valence-corrected chi connectivity index (χ3v) is 6.24. The van der Waals surface area contributed by atoms with E-state index in [-0.39, 0.29) is 17.6 Å². The van der Waals surface area contributed by atoms with Crippen LogP contribution in [0.1, 0.15) is 40.5 Å². The van der Waals surface area contributed by atoms with E-state index in [0.29, 0.717) is 44.0 Å². The third kappa shape index (κ3) is 14.3. The van der Waals surface area contributed by atoms with Gasteiger partial charge in [0, 0.05) is 29.9 Å². The van der Waals surface area contributed by atoms with Crippen LogP contribution in [-0.4, -0.2) is 76.2 Å². The molecule has 2 aliphatic rings. The minimum atomic E-state index is -0.637. The number of nitrogens with zero attached hydrogens (tertiary/aromatic N) is 4. The van der Waals surface area contributed by atoms with E-state index < -0.39 is 23.5 Å². The summed E-state index contributed by atoms with van der Waals surface area (Å²) in [5.41, 5.74) is 0.314. The second-order valence-corrected chi connectivity index (χ2v) is 9.74. The van der Waals surface area contributed by atoms with Crippen molar-refractivity contribution in [2.45, 2.75) is 58.2 Å². The number of nitrogens with one attached hydrogen (secondary N) is 2. The van der Waals surface area contributed by atoms with Crippen LogP contribution in [0.4, 0.5) is 9.18 Å². The number of carbonyl (C=O) groups excluding carboxylic acids is 1.